The molecule has 0 radical (unpaired) electrons. The molecule has 1 aliphatic carbocycles. The highest BCUT2D eigenvalue weighted by atomic mass is 19.4. The summed E-state index contributed by atoms with van der Waals surface area (Å²) in [6.45, 7) is 0. The maximum absolute atomic E-state index is 13.2. The quantitative estimate of drug-likeness (QED) is 0.704. The number of carbonyl (C=O) groups excluding carboxylic acids is 1. The van der Waals surface area contributed by atoms with Crippen molar-refractivity contribution in [2.24, 2.45) is 5.92 Å². The van der Waals surface area contributed by atoms with E-state index in [2.05, 4.69) is 4.98 Å². The van der Waals surface area contributed by atoms with E-state index in [-0.39, 0.29) is 28.7 Å². The van der Waals surface area contributed by atoms with E-state index in [1.165, 1.54) is 17.0 Å². The molecule has 0 bridgehead atoms. The largest absolute Gasteiger partial charge is 0.443 e. The lowest BCUT2D eigenvalue weighted by atomic mass is 10.0. The zero-order chi connectivity index (χ0) is 16.2. The van der Waals surface area contributed by atoms with E-state index in [4.69, 9.17) is 4.42 Å². The molecule has 2 aromatic heterocycles. The fourth-order valence-corrected chi connectivity index (χ4v) is 2.68. The van der Waals surface area contributed by atoms with Crippen LogP contribution in [-0.2, 0) is 6.18 Å². The van der Waals surface area contributed by atoms with Crippen LogP contribution in [0, 0.1) is 5.92 Å². The summed E-state index contributed by atoms with van der Waals surface area (Å²) < 4.78 is 46.1. The molecule has 1 aromatic carbocycles. The zero-order valence-corrected chi connectivity index (χ0v) is 11.8. The van der Waals surface area contributed by atoms with Crippen LogP contribution in [-0.4, -0.2) is 15.5 Å². The number of aromatic nitrogens is 2. The van der Waals surface area contributed by atoms with E-state index in [0.29, 0.717) is 5.39 Å². The van der Waals surface area contributed by atoms with Gasteiger partial charge in [0.15, 0.2) is 12.2 Å². The summed E-state index contributed by atoms with van der Waals surface area (Å²) >= 11 is 0. The molecule has 118 valence electrons. The molecule has 4 rings (SSSR count). The number of nitrogens with zero attached hydrogens (tertiary/aromatic N) is 2. The SMILES string of the molecule is O=C(C1CC1)n1ccc2c(-c3cnco3)cc(C(F)(F)F)cc21. The van der Waals surface area contributed by atoms with Crippen molar-refractivity contribution in [3.8, 4) is 11.3 Å². The van der Waals surface area contributed by atoms with Crippen LogP contribution in [0.4, 0.5) is 13.2 Å². The normalized spacial score (nSPS) is 15.3. The summed E-state index contributed by atoms with van der Waals surface area (Å²) in [4.78, 5) is 16.0. The summed E-state index contributed by atoms with van der Waals surface area (Å²) in [5, 5.41) is 0.531. The molecule has 0 amide bonds. The van der Waals surface area contributed by atoms with Gasteiger partial charge in [0.05, 0.1) is 17.3 Å². The highest BCUT2D eigenvalue weighted by molar-refractivity contribution is 6.01. The van der Waals surface area contributed by atoms with Gasteiger partial charge >= 0.3 is 6.18 Å². The Kier molecular flexibility index (Phi) is 2.88. The Morgan fingerprint density at radius 2 is 2.09 bits per heavy atom. The van der Waals surface area contributed by atoms with E-state index in [1.54, 1.807) is 6.07 Å². The van der Waals surface area contributed by atoms with Gasteiger partial charge in [-0.1, -0.05) is 0 Å². The molecule has 0 unspecified atom stereocenters. The van der Waals surface area contributed by atoms with Gasteiger partial charge in [0, 0.05) is 23.1 Å². The highest BCUT2D eigenvalue weighted by Crippen LogP contribution is 2.39. The number of carbonyl (C=O) groups is 1. The third-order valence-corrected chi connectivity index (χ3v) is 4.00. The van der Waals surface area contributed by atoms with Gasteiger partial charge in [0.1, 0.15) is 0 Å². The molecule has 1 saturated carbocycles. The highest BCUT2D eigenvalue weighted by Gasteiger charge is 2.34. The van der Waals surface area contributed by atoms with E-state index in [1.807, 2.05) is 0 Å². The molecule has 23 heavy (non-hydrogen) atoms. The standard InChI is InChI=1S/C16H11F3N2O2/c17-16(18,19)10-5-12(14-7-20-8-23-14)11-3-4-21(13(11)6-10)15(22)9-1-2-9/h3-9H,1-2H2. The fraction of sp³-hybridized carbons (Fsp3) is 0.250. The lowest BCUT2D eigenvalue weighted by Crippen LogP contribution is -2.12. The fourth-order valence-electron chi connectivity index (χ4n) is 2.68. The van der Waals surface area contributed by atoms with Crippen molar-refractivity contribution < 1.29 is 22.4 Å². The molecule has 0 saturated heterocycles. The first kappa shape index (κ1) is 14.0. The van der Waals surface area contributed by atoms with Crippen molar-refractivity contribution in [3.63, 3.8) is 0 Å². The third kappa shape index (κ3) is 2.32. The van der Waals surface area contributed by atoms with Crippen LogP contribution >= 0.6 is 0 Å². The molecule has 0 spiro atoms. The monoisotopic (exact) mass is 320 g/mol. The molecule has 0 N–H and O–H groups in total. The van der Waals surface area contributed by atoms with Gasteiger partial charge < -0.3 is 4.42 Å². The van der Waals surface area contributed by atoms with Gasteiger partial charge in [-0.3, -0.25) is 9.36 Å². The van der Waals surface area contributed by atoms with Crippen molar-refractivity contribution in [1.29, 1.82) is 0 Å². The van der Waals surface area contributed by atoms with Crippen molar-refractivity contribution in [1.82, 2.24) is 9.55 Å². The number of halogens is 3. The number of oxazole rings is 1. The average molecular weight is 320 g/mol. The predicted molar refractivity (Wildman–Crippen MR) is 75.8 cm³/mol. The second-order valence-electron chi connectivity index (χ2n) is 5.62. The van der Waals surface area contributed by atoms with Gasteiger partial charge in [-0.05, 0) is 31.0 Å². The Hall–Kier alpha value is -2.57. The van der Waals surface area contributed by atoms with Crippen LogP contribution < -0.4 is 0 Å². The van der Waals surface area contributed by atoms with Gasteiger partial charge in [-0.25, -0.2) is 4.98 Å². The Labute approximate surface area is 128 Å². The molecule has 4 nitrogen and oxygen atoms in total. The summed E-state index contributed by atoms with van der Waals surface area (Å²) in [5.74, 6) is -0.0190. The third-order valence-electron chi connectivity index (χ3n) is 4.00. The van der Waals surface area contributed by atoms with E-state index in [0.717, 1.165) is 31.4 Å². The number of alkyl halides is 3. The van der Waals surface area contributed by atoms with Crippen molar-refractivity contribution >= 4 is 16.8 Å². The molecular weight excluding hydrogens is 309 g/mol. The summed E-state index contributed by atoms with van der Waals surface area (Å²) in [5.41, 5.74) is -0.308. The minimum Gasteiger partial charge on any atom is -0.443 e. The van der Waals surface area contributed by atoms with Crippen molar-refractivity contribution in [2.75, 3.05) is 0 Å². The first-order valence-electron chi connectivity index (χ1n) is 7.10. The average Bonchev–Trinajstić information content (AvgIpc) is 3.05. The Bertz CT molecular complexity index is 890. The zero-order valence-electron chi connectivity index (χ0n) is 11.8. The molecule has 0 atom stereocenters. The number of benzene rings is 1. The number of hydrogen-bond acceptors (Lipinski definition) is 3. The first-order chi connectivity index (χ1) is 10.9. The maximum atomic E-state index is 13.2. The topological polar surface area (TPSA) is 48.0 Å². The van der Waals surface area contributed by atoms with Gasteiger partial charge in [-0.2, -0.15) is 13.2 Å². The summed E-state index contributed by atoms with van der Waals surface area (Å²) in [7, 11) is 0. The molecular formula is C16H11F3N2O2. The lowest BCUT2D eigenvalue weighted by molar-refractivity contribution is -0.137. The molecule has 2 heterocycles. The number of hydrogen-bond donors (Lipinski definition) is 0. The van der Waals surface area contributed by atoms with Crippen LogP contribution in [0.1, 0.15) is 23.2 Å². The predicted octanol–water partition coefficient (Wildman–Crippen LogP) is 4.37. The molecule has 7 heteroatoms. The molecule has 0 aliphatic heterocycles. The van der Waals surface area contributed by atoms with Crippen LogP contribution in [0.3, 0.4) is 0 Å². The molecule has 3 aromatic rings. The first-order valence-corrected chi connectivity index (χ1v) is 7.10. The smallest absolute Gasteiger partial charge is 0.416 e. The van der Waals surface area contributed by atoms with E-state index < -0.39 is 11.7 Å². The molecule has 1 fully saturated rings. The number of fused-ring (bicyclic) bond motifs is 1. The second-order valence-corrected chi connectivity index (χ2v) is 5.62. The summed E-state index contributed by atoms with van der Waals surface area (Å²) in [6.07, 6.45) is 1.09. The van der Waals surface area contributed by atoms with Crippen LogP contribution in [0.25, 0.3) is 22.2 Å². The Morgan fingerprint density at radius 1 is 1.30 bits per heavy atom. The lowest BCUT2D eigenvalue weighted by Gasteiger charge is -2.11. The van der Waals surface area contributed by atoms with Crippen molar-refractivity contribution in [3.05, 3.63) is 42.5 Å². The van der Waals surface area contributed by atoms with E-state index in [9.17, 15) is 18.0 Å². The minimum atomic E-state index is -4.51. The van der Waals surface area contributed by atoms with Gasteiger partial charge in [0.25, 0.3) is 0 Å². The summed E-state index contributed by atoms with van der Waals surface area (Å²) in [6, 6.07) is 3.66. The van der Waals surface area contributed by atoms with Crippen LogP contribution in [0.2, 0.25) is 0 Å². The van der Waals surface area contributed by atoms with Gasteiger partial charge in [0.2, 0.25) is 5.91 Å². The van der Waals surface area contributed by atoms with Crippen LogP contribution in [0.15, 0.2) is 41.4 Å². The van der Waals surface area contributed by atoms with Crippen LogP contribution in [0.5, 0.6) is 0 Å². The van der Waals surface area contributed by atoms with E-state index >= 15 is 0 Å². The number of rotatable bonds is 2. The Morgan fingerprint density at radius 3 is 2.70 bits per heavy atom. The second kappa shape index (κ2) is 4.71. The Balaban J connectivity index is 1.99. The minimum absolute atomic E-state index is 0.0890. The molecule has 1 aliphatic rings. The van der Waals surface area contributed by atoms with Gasteiger partial charge in [-0.15, -0.1) is 0 Å². The van der Waals surface area contributed by atoms with Crippen molar-refractivity contribution in [2.45, 2.75) is 19.0 Å². The maximum Gasteiger partial charge on any atom is 0.416 e.